The third-order valence-corrected chi connectivity index (χ3v) is 2.69. The molecule has 6 heteroatoms. The summed E-state index contributed by atoms with van der Waals surface area (Å²) in [5.74, 6) is 0.961. The molecule has 0 saturated heterocycles. The lowest BCUT2D eigenvalue weighted by molar-refractivity contribution is -0.141. The van der Waals surface area contributed by atoms with Crippen molar-refractivity contribution in [3.63, 3.8) is 0 Å². The number of methoxy groups -OCH3 is 2. The van der Waals surface area contributed by atoms with Crippen molar-refractivity contribution in [2.24, 2.45) is 5.73 Å². The summed E-state index contributed by atoms with van der Waals surface area (Å²) in [7, 11) is 2.92. The van der Waals surface area contributed by atoms with Crippen LogP contribution in [0.3, 0.4) is 0 Å². The molecule has 114 valence electrons. The SMILES string of the molecule is CCCOc1ccc(C(N)CC(=O)OC)cc1OC.Cl. The van der Waals surface area contributed by atoms with Crippen LogP contribution in [0.25, 0.3) is 0 Å². The highest BCUT2D eigenvalue weighted by Gasteiger charge is 2.14. The molecule has 0 aliphatic carbocycles. The minimum Gasteiger partial charge on any atom is -0.493 e. The summed E-state index contributed by atoms with van der Waals surface area (Å²) in [5.41, 5.74) is 6.76. The minimum atomic E-state index is -0.415. The van der Waals surface area contributed by atoms with Crippen molar-refractivity contribution in [3.05, 3.63) is 23.8 Å². The number of ether oxygens (including phenoxy) is 3. The molecule has 0 bridgehead atoms. The number of hydrogen-bond acceptors (Lipinski definition) is 5. The number of carbonyl (C=O) groups excluding carboxylic acids is 1. The van der Waals surface area contributed by atoms with Crippen molar-refractivity contribution in [1.82, 2.24) is 0 Å². The molecule has 5 nitrogen and oxygen atoms in total. The molecule has 0 fully saturated rings. The van der Waals surface area contributed by atoms with Crippen LogP contribution in [0.5, 0.6) is 11.5 Å². The van der Waals surface area contributed by atoms with Crippen LogP contribution in [-0.4, -0.2) is 26.8 Å². The summed E-state index contributed by atoms with van der Waals surface area (Å²) in [6.45, 7) is 2.66. The first-order chi connectivity index (χ1) is 9.12. The number of benzene rings is 1. The number of nitrogens with two attached hydrogens (primary N) is 1. The third-order valence-electron chi connectivity index (χ3n) is 2.69. The molecule has 20 heavy (non-hydrogen) atoms. The van der Waals surface area contributed by atoms with E-state index in [0.29, 0.717) is 18.1 Å². The fourth-order valence-corrected chi connectivity index (χ4v) is 1.63. The number of carbonyl (C=O) groups is 1. The van der Waals surface area contributed by atoms with E-state index in [2.05, 4.69) is 4.74 Å². The van der Waals surface area contributed by atoms with Gasteiger partial charge in [0, 0.05) is 6.04 Å². The van der Waals surface area contributed by atoms with Gasteiger partial charge in [0.25, 0.3) is 0 Å². The summed E-state index contributed by atoms with van der Waals surface area (Å²) in [6.07, 6.45) is 1.06. The van der Waals surface area contributed by atoms with Crippen LogP contribution in [-0.2, 0) is 9.53 Å². The highest BCUT2D eigenvalue weighted by molar-refractivity contribution is 5.85. The van der Waals surface area contributed by atoms with Gasteiger partial charge in [-0.3, -0.25) is 4.79 Å². The van der Waals surface area contributed by atoms with E-state index in [-0.39, 0.29) is 24.8 Å². The van der Waals surface area contributed by atoms with E-state index in [4.69, 9.17) is 15.2 Å². The van der Waals surface area contributed by atoms with Crippen LogP contribution in [0.15, 0.2) is 18.2 Å². The summed E-state index contributed by atoms with van der Waals surface area (Å²) < 4.78 is 15.4. The summed E-state index contributed by atoms with van der Waals surface area (Å²) in [4.78, 5) is 11.2. The molecule has 0 amide bonds. The van der Waals surface area contributed by atoms with E-state index in [1.807, 2.05) is 13.0 Å². The first-order valence-corrected chi connectivity index (χ1v) is 6.25. The number of rotatable bonds is 7. The van der Waals surface area contributed by atoms with E-state index < -0.39 is 6.04 Å². The lowest BCUT2D eigenvalue weighted by atomic mass is 10.0. The van der Waals surface area contributed by atoms with Crippen molar-refractivity contribution < 1.29 is 19.0 Å². The van der Waals surface area contributed by atoms with Crippen molar-refractivity contribution in [2.45, 2.75) is 25.8 Å². The molecule has 0 aliphatic rings. The zero-order valence-electron chi connectivity index (χ0n) is 12.0. The van der Waals surface area contributed by atoms with Gasteiger partial charge in [-0.1, -0.05) is 13.0 Å². The van der Waals surface area contributed by atoms with E-state index in [9.17, 15) is 4.79 Å². The molecule has 0 spiro atoms. The Kier molecular flexibility index (Phi) is 8.76. The lowest BCUT2D eigenvalue weighted by Crippen LogP contribution is -2.16. The highest BCUT2D eigenvalue weighted by atomic mass is 35.5. The number of esters is 1. The van der Waals surface area contributed by atoms with Gasteiger partial charge in [0.2, 0.25) is 0 Å². The molecule has 0 heterocycles. The Bertz CT molecular complexity index is 426. The Morgan fingerprint density at radius 3 is 2.55 bits per heavy atom. The van der Waals surface area contributed by atoms with Gasteiger partial charge < -0.3 is 19.9 Å². The Morgan fingerprint density at radius 1 is 1.30 bits per heavy atom. The maximum Gasteiger partial charge on any atom is 0.307 e. The lowest BCUT2D eigenvalue weighted by Gasteiger charge is -2.15. The zero-order chi connectivity index (χ0) is 14.3. The normalized spacial score (nSPS) is 11.2. The topological polar surface area (TPSA) is 70.8 Å². The Hall–Kier alpha value is -1.46. The fourth-order valence-electron chi connectivity index (χ4n) is 1.63. The average Bonchev–Trinajstić information content (AvgIpc) is 2.44. The molecule has 0 aliphatic heterocycles. The second kappa shape index (κ2) is 9.44. The van der Waals surface area contributed by atoms with Gasteiger partial charge in [0.05, 0.1) is 27.2 Å². The van der Waals surface area contributed by atoms with E-state index in [1.54, 1.807) is 19.2 Å². The molecular formula is C14H22ClNO4. The molecule has 0 radical (unpaired) electrons. The first-order valence-electron chi connectivity index (χ1n) is 6.25. The highest BCUT2D eigenvalue weighted by Crippen LogP contribution is 2.30. The molecule has 1 rings (SSSR count). The second-order valence-corrected chi connectivity index (χ2v) is 4.15. The summed E-state index contributed by atoms with van der Waals surface area (Å²) in [6, 6.07) is 5.02. The second-order valence-electron chi connectivity index (χ2n) is 4.15. The Morgan fingerprint density at radius 2 is 2.00 bits per heavy atom. The van der Waals surface area contributed by atoms with Gasteiger partial charge in [-0.15, -0.1) is 12.4 Å². The van der Waals surface area contributed by atoms with Crippen molar-refractivity contribution in [2.75, 3.05) is 20.8 Å². The van der Waals surface area contributed by atoms with Crippen LogP contribution in [0.1, 0.15) is 31.4 Å². The molecule has 2 N–H and O–H groups in total. The van der Waals surface area contributed by atoms with Gasteiger partial charge in [0.1, 0.15) is 0 Å². The monoisotopic (exact) mass is 303 g/mol. The van der Waals surface area contributed by atoms with Crippen LogP contribution < -0.4 is 15.2 Å². The molecule has 1 atom stereocenters. The van der Waals surface area contributed by atoms with E-state index >= 15 is 0 Å². The van der Waals surface area contributed by atoms with Gasteiger partial charge in [-0.25, -0.2) is 0 Å². The Labute approximate surface area is 125 Å². The molecule has 0 saturated carbocycles. The number of hydrogen-bond donors (Lipinski definition) is 1. The van der Waals surface area contributed by atoms with Crippen molar-refractivity contribution in [3.8, 4) is 11.5 Å². The maximum absolute atomic E-state index is 11.2. The third kappa shape index (κ3) is 5.27. The Balaban J connectivity index is 0.00000361. The van der Waals surface area contributed by atoms with Gasteiger partial charge in [-0.2, -0.15) is 0 Å². The maximum atomic E-state index is 11.2. The molecule has 1 aromatic carbocycles. The standard InChI is InChI=1S/C14H21NO4.ClH/c1-4-7-19-12-6-5-10(8-13(12)17-2)11(15)9-14(16)18-3;/h5-6,8,11H,4,7,9,15H2,1-3H3;1H. The average molecular weight is 304 g/mol. The quantitative estimate of drug-likeness (QED) is 0.784. The van der Waals surface area contributed by atoms with Gasteiger partial charge in [0.15, 0.2) is 11.5 Å². The molecule has 1 aromatic rings. The summed E-state index contributed by atoms with van der Waals surface area (Å²) >= 11 is 0. The number of halogens is 1. The molecule has 1 unspecified atom stereocenters. The van der Waals surface area contributed by atoms with Crippen LogP contribution >= 0.6 is 12.4 Å². The van der Waals surface area contributed by atoms with E-state index in [0.717, 1.165) is 12.0 Å². The predicted molar refractivity (Wildman–Crippen MR) is 79.6 cm³/mol. The largest absolute Gasteiger partial charge is 0.493 e. The van der Waals surface area contributed by atoms with Crippen LogP contribution in [0.4, 0.5) is 0 Å². The molecule has 0 aromatic heterocycles. The van der Waals surface area contributed by atoms with Crippen LogP contribution in [0, 0.1) is 0 Å². The smallest absolute Gasteiger partial charge is 0.307 e. The summed E-state index contributed by atoms with van der Waals surface area (Å²) in [5, 5.41) is 0. The van der Waals surface area contributed by atoms with Gasteiger partial charge in [-0.05, 0) is 24.1 Å². The van der Waals surface area contributed by atoms with Crippen LogP contribution in [0.2, 0.25) is 0 Å². The minimum absolute atomic E-state index is 0. The van der Waals surface area contributed by atoms with Crippen molar-refractivity contribution >= 4 is 18.4 Å². The fraction of sp³-hybridized carbons (Fsp3) is 0.500. The van der Waals surface area contributed by atoms with Gasteiger partial charge >= 0.3 is 5.97 Å². The zero-order valence-corrected chi connectivity index (χ0v) is 12.9. The van der Waals surface area contributed by atoms with Crippen molar-refractivity contribution in [1.29, 1.82) is 0 Å². The first kappa shape index (κ1) is 18.5. The van der Waals surface area contributed by atoms with E-state index in [1.165, 1.54) is 7.11 Å². The predicted octanol–water partition coefficient (Wildman–Crippen LogP) is 2.47. The molecular weight excluding hydrogens is 282 g/mol.